The predicted molar refractivity (Wildman–Crippen MR) is 79.5 cm³/mol. The Bertz CT molecular complexity index is 668. The number of ketones is 1. The lowest BCUT2D eigenvalue weighted by Crippen LogP contribution is -2.31. The number of carbonyl (C=O) groups is 2. The molecule has 0 aliphatic heterocycles. The molecule has 104 valence electrons. The second-order valence-corrected chi connectivity index (χ2v) is 6.52. The minimum Gasteiger partial charge on any atom is -0.364 e. The quantitative estimate of drug-likeness (QED) is 0.888. The molecule has 0 saturated heterocycles. The molecule has 0 radical (unpaired) electrons. The van der Waals surface area contributed by atoms with Gasteiger partial charge in [0.15, 0.2) is 5.78 Å². The predicted octanol–water partition coefficient (Wildman–Crippen LogP) is 3.48. The van der Waals surface area contributed by atoms with E-state index in [1.807, 2.05) is 30.7 Å². The van der Waals surface area contributed by atoms with Gasteiger partial charge in [-0.1, -0.05) is 13.8 Å². The summed E-state index contributed by atoms with van der Waals surface area (Å²) in [5, 5.41) is 6.58. The lowest BCUT2D eigenvalue weighted by atomic mass is 9.74. The van der Waals surface area contributed by atoms with Crippen molar-refractivity contribution in [1.29, 1.82) is 0 Å². The lowest BCUT2D eigenvalue weighted by Gasteiger charge is -2.28. The molecule has 0 aromatic carbocycles. The minimum absolute atomic E-state index is 0.0514. The van der Waals surface area contributed by atoms with Gasteiger partial charge in [-0.15, -0.1) is 0 Å². The van der Waals surface area contributed by atoms with Gasteiger partial charge in [0.25, 0.3) is 5.91 Å². The lowest BCUT2D eigenvalue weighted by molar-refractivity contribution is 0.0805. The number of aryl methyl sites for hydroxylation is 1. The second kappa shape index (κ2) is 4.59. The highest BCUT2D eigenvalue weighted by Crippen LogP contribution is 2.36. The zero-order valence-electron chi connectivity index (χ0n) is 11.4. The van der Waals surface area contributed by atoms with E-state index in [-0.39, 0.29) is 11.7 Å². The van der Waals surface area contributed by atoms with E-state index in [1.165, 1.54) is 11.3 Å². The van der Waals surface area contributed by atoms with Crippen LogP contribution in [-0.2, 0) is 6.42 Å². The maximum atomic E-state index is 12.5. The van der Waals surface area contributed by atoms with Crippen molar-refractivity contribution in [2.75, 3.05) is 5.32 Å². The smallest absolute Gasteiger partial charge is 0.257 e. The van der Waals surface area contributed by atoms with Crippen LogP contribution in [0.15, 0.2) is 23.0 Å². The van der Waals surface area contributed by atoms with Crippen molar-refractivity contribution in [2.24, 2.45) is 5.41 Å². The summed E-state index contributed by atoms with van der Waals surface area (Å²) in [6, 6.07) is 1.84. The summed E-state index contributed by atoms with van der Waals surface area (Å²) in [5.74, 6) is -0.178. The van der Waals surface area contributed by atoms with Crippen LogP contribution in [0.4, 0.5) is 5.69 Å². The Balaban J connectivity index is 1.95. The molecular formula is C15H16N2O2S. The highest BCUT2D eigenvalue weighted by Gasteiger charge is 2.37. The molecule has 3 rings (SSSR count). The molecule has 0 fully saturated rings. The fraction of sp³-hybridized carbons (Fsp3) is 0.333. The van der Waals surface area contributed by atoms with E-state index in [1.54, 1.807) is 6.20 Å². The third kappa shape index (κ3) is 2.08. The normalized spacial score (nSPS) is 16.8. The molecule has 1 aliphatic rings. The average Bonchev–Trinajstić information content (AvgIpc) is 3.02. The molecule has 0 spiro atoms. The van der Waals surface area contributed by atoms with Gasteiger partial charge in [-0.05, 0) is 24.3 Å². The van der Waals surface area contributed by atoms with Crippen LogP contribution < -0.4 is 5.32 Å². The van der Waals surface area contributed by atoms with Crippen LogP contribution in [-0.4, -0.2) is 16.7 Å². The number of carbonyl (C=O) groups excluding carboxylic acids is 2. The van der Waals surface area contributed by atoms with E-state index in [0.717, 1.165) is 24.2 Å². The van der Waals surface area contributed by atoms with E-state index in [0.29, 0.717) is 11.1 Å². The number of nitrogens with one attached hydrogen (secondary N) is 2. The van der Waals surface area contributed by atoms with Crippen molar-refractivity contribution in [3.05, 3.63) is 39.8 Å². The van der Waals surface area contributed by atoms with Gasteiger partial charge in [0.2, 0.25) is 0 Å². The topological polar surface area (TPSA) is 62.0 Å². The molecule has 2 aromatic rings. The van der Waals surface area contributed by atoms with Gasteiger partial charge in [0.1, 0.15) is 0 Å². The van der Waals surface area contributed by atoms with Gasteiger partial charge in [0, 0.05) is 22.7 Å². The zero-order chi connectivity index (χ0) is 14.3. The van der Waals surface area contributed by atoms with Gasteiger partial charge < -0.3 is 10.3 Å². The van der Waals surface area contributed by atoms with Gasteiger partial charge in [-0.3, -0.25) is 9.59 Å². The fourth-order valence-electron chi connectivity index (χ4n) is 2.53. The Hall–Kier alpha value is -1.88. The number of rotatable bonds is 2. The first-order chi connectivity index (χ1) is 9.49. The summed E-state index contributed by atoms with van der Waals surface area (Å²) in [6.45, 7) is 3.87. The van der Waals surface area contributed by atoms with Crippen LogP contribution in [0.5, 0.6) is 0 Å². The Kier molecular flexibility index (Phi) is 3.01. The fourth-order valence-corrected chi connectivity index (χ4v) is 3.11. The van der Waals surface area contributed by atoms with E-state index < -0.39 is 5.41 Å². The van der Waals surface area contributed by atoms with Crippen molar-refractivity contribution < 1.29 is 9.59 Å². The number of hydrogen-bond donors (Lipinski definition) is 2. The molecule has 20 heavy (non-hydrogen) atoms. The molecule has 0 bridgehead atoms. The van der Waals surface area contributed by atoms with Crippen LogP contribution in [0, 0.1) is 5.41 Å². The Morgan fingerprint density at radius 2 is 2.25 bits per heavy atom. The number of amides is 1. The van der Waals surface area contributed by atoms with Gasteiger partial charge in [-0.2, -0.15) is 11.3 Å². The van der Waals surface area contributed by atoms with Crippen LogP contribution in [0.1, 0.15) is 46.7 Å². The van der Waals surface area contributed by atoms with Crippen LogP contribution in [0.3, 0.4) is 0 Å². The summed E-state index contributed by atoms with van der Waals surface area (Å²) < 4.78 is 0. The third-order valence-electron chi connectivity index (χ3n) is 3.83. The first-order valence-electron chi connectivity index (χ1n) is 6.57. The van der Waals surface area contributed by atoms with E-state index in [9.17, 15) is 9.59 Å². The summed E-state index contributed by atoms with van der Waals surface area (Å²) in [5.41, 5.74) is 2.26. The first-order valence-corrected chi connectivity index (χ1v) is 7.52. The number of thiophene rings is 1. The summed E-state index contributed by atoms with van der Waals surface area (Å²) >= 11 is 1.52. The van der Waals surface area contributed by atoms with Crippen molar-refractivity contribution >= 4 is 28.7 Å². The number of anilines is 1. The number of Topliss-reactive ketones (excluding diaryl/α,β-unsaturated/α-hetero) is 1. The Morgan fingerprint density at radius 1 is 1.45 bits per heavy atom. The second-order valence-electron chi connectivity index (χ2n) is 5.74. The van der Waals surface area contributed by atoms with Gasteiger partial charge >= 0.3 is 0 Å². The van der Waals surface area contributed by atoms with Crippen LogP contribution in [0.25, 0.3) is 0 Å². The maximum absolute atomic E-state index is 12.5. The Labute approximate surface area is 121 Å². The molecule has 1 aliphatic carbocycles. The average molecular weight is 288 g/mol. The number of hydrogen-bond acceptors (Lipinski definition) is 3. The largest absolute Gasteiger partial charge is 0.364 e. The summed E-state index contributed by atoms with van der Waals surface area (Å²) in [7, 11) is 0. The molecule has 5 heteroatoms. The molecule has 1 amide bonds. The van der Waals surface area contributed by atoms with Crippen molar-refractivity contribution in [3.8, 4) is 0 Å². The molecule has 2 aromatic heterocycles. The number of H-pyrrole nitrogens is 1. The van der Waals surface area contributed by atoms with Crippen molar-refractivity contribution in [1.82, 2.24) is 4.98 Å². The number of aromatic nitrogens is 1. The van der Waals surface area contributed by atoms with Crippen molar-refractivity contribution in [3.63, 3.8) is 0 Å². The molecule has 0 saturated carbocycles. The zero-order valence-corrected chi connectivity index (χ0v) is 12.3. The van der Waals surface area contributed by atoms with E-state index >= 15 is 0 Å². The highest BCUT2D eigenvalue weighted by molar-refractivity contribution is 7.08. The maximum Gasteiger partial charge on any atom is 0.257 e. The summed E-state index contributed by atoms with van der Waals surface area (Å²) in [6.07, 6.45) is 3.26. The molecular weight excluding hydrogens is 272 g/mol. The molecule has 0 unspecified atom stereocenters. The molecule has 2 heterocycles. The molecule has 2 N–H and O–H groups in total. The van der Waals surface area contributed by atoms with E-state index in [4.69, 9.17) is 0 Å². The number of aromatic amines is 1. The Morgan fingerprint density at radius 3 is 2.95 bits per heavy atom. The van der Waals surface area contributed by atoms with Crippen LogP contribution >= 0.6 is 11.3 Å². The standard InChI is InChI=1S/C15H16N2O2S/c1-15(2)5-3-11-12(13(15)18)10(7-16-11)14(19)17-9-4-6-20-8-9/h4,6-8,16H,3,5H2,1-2H3,(H,17,19). The van der Waals surface area contributed by atoms with Crippen LogP contribution in [0.2, 0.25) is 0 Å². The highest BCUT2D eigenvalue weighted by atomic mass is 32.1. The number of fused-ring (bicyclic) bond motifs is 1. The van der Waals surface area contributed by atoms with Gasteiger partial charge in [0.05, 0.1) is 16.8 Å². The van der Waals surface area contributed by atoms with Gasteiger partial charge in [-0.25, -0.2) is 0 Å². The van der Waals surface area contributed by atoms with Crippen molar-refractivity contribution in [2.45, 2.75) is 26.7 Å². The third-order valence-corrected chi connectivity index (χ3v) is 4.51. The molecule has 4 nitrogen and oxygen atoms in total. The first kappa shape index (κ1) is 13.1. The molecule has 0 atom stereocenters. The minimum atomic E-state index is -0.396. The summed E-state index contributed by atoms with van der Waals surface area (Å²) in [4.78, 5) is 27.9. The SMILES string of the molecule is CC1(C)CCc2[nH]cc(C(=O)Nc3ccsc3)c2C1=O. The monoisotopic (exact) mass is 288 g/mol. The van der Waals surface area contributed by atoms with E-state index in [2.05, 4.69) is 10.3 Å².